The molecule has 3 aliphatic rings. The molecule has 1 saturated heterocycles. The second kappa shape index (κ2) is 9.05. The molecule has 9 nitrogen and oxygen atoms in total. The van der Waals surface area contributed by atoms with Crippen LogP contribution >= 0.6 is 0 Å². The zero-order chi connectivity index (χ0) is 22.9. The van der Waals surface area contributed by atoms with Gasteiger partial charge in [0.2, 0.25) is 11.9 Å². The summed E-state index contributed by atoms with van der Waals surface area (Å²) in [5.41, 5.74) is 1.95. The van der Waals surface area contributed by atoms with Gasteiger partial charge in [0, 0.05) is 49.9 Å². The summed E-state index contributed by atoms with van der Waals surface area (Å²) in [7, 11) is 0. The summed E-state index contributed by atoms with van der Waals surface area (Å²) >= 11 is 0. The average molecular weight is 450 g/mol. The number of anilines is 4. The normalized spacial score (nSPS) is 23.5. The Kier molecular flexibility index (Phi) is 5.97. The predicted molar refractivity (Wildman–Crippen MR) is 127 cm³/mol. The Morgan fingerprint density at radius 1 is 1.12 bits per heavy atom. The van der Waals surface area contributed by atoms with E-state index in [2.05, 4.69) is 25.5 Å². The minimum absolute atomic E-state index is 0.0878. The SMILES string of the molecule is CC(=O)C1C(=O)N(C2CCCC2)c2nc(Nc3ccc(N4CCNCC4)cn3)ncc2C1C. The monoisotopic (exact) mass is 449 g/mol. The first-order chi connectivity index (χ1) is 16.0. The molecule has 0 bridgehead atoms. The van der Waals surface area contributed by atoms with Crippen molar-refractivity contribution in [2.45, 2.75) is 51.5 Å². The molecule has 0 aromatic carbocycles. The fourth-order valence-electron chi connectivity index (χ4n) is 5.33. The van der Waals surface area contributed by atoms with Gasteiger partial charge in [0.05, 0.1) is 11.9 Å². The largest absolute Gasteiger partial charge is 0.368 e. The number of carbonyl (C=O) groups excluding carboxylic acids is 2. The van der Waals surface area contributed by atoms with E-state index in [4.69, 9.17) is 4.98 Å². The number of pyridine rings is 1. The van der Waals surface area contributed by atoms with Crippen LogP contribution in [0, 0.1) is 5.92 Å². The van der Waals surface area contributed by atoms with E-state index in [1.54, 1.807) is 11.1 Å². The van der Waals surface area contributed by atoms with Crippen molar-refractivity contribution in [1.82, 2.24) is 20.3 Å². The van der Waals surface area contributed by atoms with Gasteiger partial charge < -0.3 is 15.5 Å². The number of nitrogens with zero attached hydrogens (tertiary/aromatic N) is 5. The molecule has 2 N–H and O–H groups in total. The van der Waals surface area contributed by atoms with Gasteiger partial charge in [-0.1, -0.05) is 19.8 Å². The maximum atomic E-state index is 13.4. The molecule has 0 spiro atoms. The quantitative estimate of drug-likeness (QED) is 0.672. The van der Waals surface area contributed by atoms with Crippen LogP contribution in [-0.4, -0.2) is 58.9 Å². The number of ketones is 1. The molecule has 174 valence electrons. The molecule has 1 saturated carbocycles. The van der Waals surface area contributed by atoms with Crippen LogP contribution in [0.25, 0.3) is 0 Å². The van der Waals surface area contributed by atoms with Crippen LogP contribution in [0.4, 0.5) is 23.3 Å². The fourth-order valence-corrected chi connectivity index (χ4v) is 5.33. The molecular formula is C24H31N7O2. The Morgan fingerprint density at radius 2 is 1.88 bits per heavy atom. The van der Waals surface area contributed by atoms with E-state index in [0.717, 1.165) is 63.1 Å². The smallest absolute Gasteiger partial charge is 0.239 e. The van der Waals surface area contributed by atoms with Gasteiger partial charge in [0.1, 0.15) is 23.3 Å². The number of hydrogen-bond donors (Lipinski definition) is 2. The molecule has 2 unspecified atom stereocenters. The van der Waals surface area contributed by atoms with Gasteiger partial charge in [-0.3, -0.25) is 14.5 Å². The predicted octanol–water partition coefficient (Wildman–Crippen LogP) is 2.62. The second-order valence-electron chi connectivity index (χ2n) is 9.26. The van der Waals surface area contributed by atoms with E-state index >= 15 is 0 Å². The first-order valence-electron chi connectivity index (χ1n) is 11.9. The molecule has 1 amide bonds. The number of hydrogen-bond acceptors (Lipinski definition) is 8. The van der Waals surface area contributed by atoms with Crippen LogP contribution in [0.3, 0.4) is 0 Å². The van der Waals surface area contributed by atoms with E-state index in [9.17, 15) is 9.59 Å². The lowest BCUT2D eigenvalue weighted by molar-refractivity contribution is -0.132. The summed E-state index contributed by atoms with van der Waals surface area (Å²) in [6, 6.07) is 4.06. The van der Waals surface area contributed by atoms with Crippen LogP contribution in [0.2, 0.25) is 0 Å². The number of piperazine rings is 1. The summed E-state index contributed by atoms with van der Waals surface area (Å²) in [6.45, 7) is 7.30. The molecule has 0 radical (unpaired) electrons. The minimum atomic E-state index is -0.667. The zero-order valence-corrected chi connectivity index (χ0v) is 19.3. The van der Waals surface area contributed by atoms with Gasteiger partial charge in [-0.2, -0.15) is 4.98 Å². The number of nitrogens with one attached hydrogen (secondary N) is 2. The molecule has 9 heteroatoms. The summed E-state index contributed by atoms with van der Waals surface area (Å²) in [6.07, 6.45) is 7.67. The summed E-state index contributed by atoms with van der Waals surface area (Å²) in [4.78, 5) is 43.6. The Labute approximate surface area is 194 Å². The minimum Gasteiger partial charge on any atom is -0.368 e. The van der Waals surface area contributed by atoms with Gasteiger partial charge >= 0.3 is 0 Å². The lowest BCUT2D eigenvalue weighted by atomic mass is 9.81. The standard InChI is InChI=1S/C24H31N7O2/c1-15-19-14-27-24(28-20-8-7-18(13-26-20)30-11-9-25-10-12-30)29-22(19)31(17-5-3-4-6-17)23(33)21(15)16(2)32/h7-8,13-15,17,21,25H,3-6,9-12H2,1-2H3,(H,26,27,28,29). The molecule has 2 aromatic heterocycles. The summed E-state index contributed by atoms with van der Waals surface area (Å²) in [5.74, 6) is 0.549. The Morgan fingerprint density at radius 3 is 2.55 bits per heavy atom. The Balaban J connectivity index is 1.42. The molecule has 33 heavy (non-hydrogen) atoms. The molecule has 1 aliphatic carbocycles. The molecule has 4 heterocycles. The molecule has 2 aromatic rings. The van der Waals surface area contributed by atoms with Crippen molar-refractivity contribution in [1.29, 1.82) is 0 Å². The highest BCUT2D eigenvalue weighted by Gasteiger charge is 2.45. The Hall–Kier alpha value is -3.07. The molecule has 2 aliphatic heterocycles. The Bertz CT molecular complexity index is 1030. The number of aromatic nitrogens is 3. The van der Waals surface area contributed by atoms with Crippen LogP contribution in [-0.2, 0) is 9.59 Å². The number of Topliss-reactive ketones (excluding diaryl/α,β-unsaturated/α-hetero) is 1. The van der Waals surface area contributed by atoms with Crippen LogP contribution in [0.1, 0.15) is 51.0 Å². The third kappa shape index (κ3) is 4.17. The van der Waals surface area contributed by atoms with Crippen molar-refractivity contribution in [3.05, 3.63) is 30.1 Å². The van der Waals surface area contributed by atoms with Gasteiger partial charge in [0.15, 0.2) is 0 Å². The average Bonchev–Trinajstić information content (AvgIpc) is 3.34. The van der Waals surface area contributed by atoms with E-state index in [0.29, 0.717) is 17.6 Å². The van der Waals surface area contributed by atoms with E-state index < -0.39 is 5.92 Å². The topological polar surface area (TPSA) is 103 Å². The van der Waals surface area contributed by atoms with Crippen molar-refractivity contribution in [2.24, 2.45) is 5.92 Å². The van der Waals surface area contributed by atoms with Crippen LogP contribution < -0.4 is 20.4 Å². The third-order valence-corrected chi connectivity index (χ3v) is 7.12. The van der Waals surface area contributed by atoms with Crippen LogP contribution in [0.5, 0.6) is 0 Å². The summed E-state index contributed by atoms with van der Waals surface area (Å²) in [5, 5.41) is 6.54. The van der Waals surface area contributed by atoms with E-state index in [1.165, 1.54) is 6.92 Å². The van der Waals surface area contributed by atoms with Gasteiger partial charge in [0.25, 0.3) is 0 Å². The van der Waals surface area contributed by atoms with Gasteiger partial charge in [-0.15, -0.1) is 0 Å². The first-order valence-corrected chi connectivity index (χ1v) is 11.9. The van der Waals surface area contributed by atoms with Gasteiger partial charge in [-0.25, -0.2) is 9.97 Å². The van der Waals surface area contributed by atoms with Crippen molar-refractivity contribution in [3.8, 4) is 0 Å². The van der Waals surface area contributed by atoms with Crippen LogP contribution in [0.15, 0.2) is 24.5 Å². The van der Waals surface area contributed by atoms with Crippen molar-refractivity contribution in [3.63, 3.8) is 0 Å². The van der Waals surface area contributed by atoms with Crippen molar-refractivity contribution >= 4 is 35.0 Å². The highest BCUT2D eigenvalue weighted by Crippen LogP contribution is 2.42. The lowest BCUT2D eigenvalue weighted by Gasteiger charge is -2.39. The lowest BCUT2D eigenvalue weighted by Crippen LogP contribution is -2.50. The number of rotatable bonds is 5. The fraction of sp³-hybridized carbons (Fsp3) is 0.542. The van der Waals surface area contributed by atoms with E-state index in [-0.39, 0.29) is 23.7 Å². The number of amides is 1. The molecular weight excluding hydrogens is 418 g/mol. The van der Waals surface area contributed by atoms with Crippen molar-refractivity contribution in [2.75, 3.05) is 41.3 Å². The maximum absolute atomic E-state index is 13.4. The highest BCUT2D eigenvalue weighted by atomic mass is 16.2. The maximum Gasteiger partial charge on any atom is 0.239 e. The number of fused-ring (bicyclic) bond motifs is 1. The first kappa shape index (κ1) is 21.8. The highest BCUT2D eigenvalue weighted by molar-refractivity contribution is 6.10. The second-order valence-corrected chi connectivity index (χ2v) is 9.26. The number of carbonyl (C=O) groups is 2. The third-order valence-electron chi connectivity index (χ3n) is 7.12. The van der Waals surface area contributed by atoms with Crippen molar-refractivity contribution < 1.29 is 9.59 Å². The van der Waals surface area contributed by atoms with Gasteiger partial charge in [-0.05, 0) is 31.9 Å². The summed E-state index contributed by atoms with van der Waals surface area (Å²) < 4.78 is 0. The van der Waals surface area contributed by atoms with E-state index in [1.807, 2.05) is 25.3 Å². The zero-order valence-electron chi connectivity index (χ0n) is 19.3. The molecule has 2 atom stereocenters. The molecule has 5 rings (SSSR count). The molecule has 2 fully saturated rings.